The lowest BCUT2D eigenvalue weighted by Crippen LogP contribution is -2.33. The van der Waals surface area contributed by atoms with Gasteiger partial charge in [-0.05, 0) is 36.6 Å². The number of nitrogens with zero attached hydrogens (tertiary/aromatic N) is 4. The van der Waals surface area contributed by atoms with E-state index in [1.165, 1.54) is 24.1 Å². The zero-order chi connectivity index (χ0) is 19.3. The summed E-state index contributed by atoms with van der Waals surface area (Å²) < 4.78 is 2.08. The third-order valence-electron chi connectivity index (χ3n) is 5.75. The van der Waals surface area contributed by atoms with Crippen molar-refractivity contribution in [1.29, 1.82) is 5.26 Å². The lowest BCUT2D eigenvalue weighted by molar-refractivity contribution is -0.121. The molecule has 0 atom stereocenters. The van der Waals surface area contributed by atoms with Gasteiger partial charge in [-0.2, -0.15) is 10.4 Å². The van der Waals surface area contributed by atoms with E-state index in [4.69, 9.17) is 10.4 Å². The minimum absolute atomic E-state index is 0.153. The van der Waals surface area contributed by atoms with Gasteiger partial charge in [0.15, 0.2) is 0 Å². The molecule has 146 valence electrons. The molecule has 2 aromatic rings. The number of nitrogens with one attached hydrogen (secondary N) is 1. The number of amides is 1. The van der Waals surface area contributed by atoms with Gasteiger partial charge in [0, 0.05) is 38.5 Å². The van der Waals surface area contributed by atoms with E-state index in [2.05, 4.69) is 27.0 Å². The first-order valence-corrected chi connectivity index (χ1v) is 10.3. The highest BCUT2D eigenvalue weighted by Crippen LogP contribution is 2.19. The van der Waals surface area contributed by atoms with Crippen LogP contribution in [0.5, 0.6) is 0 Å². The molecular formula is C22H27N5O. The van der Waals surface area contributed by atoms with Gasteiger partial charge in [-0.3, -0.25) is 14.4 Å². The second kappa shape index (κ2) is 8.57. The molecular weight excluding hydrogens is 350 g/mol. The normalized spacial score (nSPS) is 17.2. The summed E-state index contributed by atoms with van der Waals surface area (Å²) in [5, 5.41) is 16.8. The number of nitriles is 1. The van der Waals surface area contributed by atoms with Gasteiger partial charge < -0.3 is 5.32 Å². The molecule has 6 nitrogen and oxygen atoms in total. The highest BCUT2D eigenvalue weighted by molar-refractivity contribution is 5.76. The average molecular weight is 377 g/mol. The fourth-order valence-corrected chi connectivity index (χ4v) is 4.19. The molecule has 28 heavy (non-hydrogen) atoms. The third kappa shape index (κ3) is 4.60. The van der Waals surface area contributed by atoms with Crippen LogP contribution < -0.4 is 5.32 Å². The molecule has 1 aliphatic heterocycles. The number of rotatable bonds is 6. The second-order valence-electron chi connectivity index (χ2n) is 7.92. The highest BCUT2D eigenvalue weighted by Gasteiger charge is 2.20. The van der Waals surface area contributed by atoms with Crippen molar-refractivity contribution in [3.8, 4) is 6.07 Å². The van der Waals surface area contributed by atoms with E-state index in [1.807, 2.05) is 24.3 Å². The van der Waals surface area contributed by atoms with Gasteiger partial charge in [-0.1, -0.05) is 25.0 Å². The van der Waals surface area contributed by atoms with E-state index in [0.717, 1.165) is 44.7 Å². The third-order valence-corrected chi connectivity index (χ3v) is 5.75. The van der Waals surface area contributed by atoms with Crippen LogP contribution >= 0.6 is 0 Å². The van der Waals surface area contributed by atoms with Crippen molar-refractivity contribution in [2.75, 3.05) is 6.54 Å². The first-order chi connectivity index (χ1) is 13.7. The Balaban J connectivity index is 1.29. The van der Waals surface area contributed by atoms with Gasteiger partial charge in [-0.25, -0.2) is 0 Å². The van der Waals surface area contributed by atoms with Crippen LogP contribution in [0.1, 0.15) is 54.6 Å². The molecule has 0 radical (unpaired) electrons. The van der Waals surface area contributed by atoms with Crippen LogP contribution in [-0.4, -0.2) is 33.2 Å². The number of hydrogen-bond acceptors (Lipinski definition) is 4. The molecule has 1 amide bonds. The molecule has 2 heterocycles. The van der Waals surface area contributed by atoms with E-state index in [9.17, 15) is 4.79 Å². The summed E-state index contributed by atoms with van der Waals surface area (Å²) in [6, 6.07) is 12.5. The van der Waals surface area contributed by atoms with Gasteiger partial charge in [0.05, 0.1) is 29.6 Å². The van der Waals surface area contributed by atoms with Crippen LogP contribution in [0.3, 0.4) is 0 Å². The Morgan fingerprint density at radius 2 is 2.00 bits per heavy atom. The van der Waals surface area contributed by atoms with Crippen molar-refractivity contribution in [3.05, 3.63) is 52.8 Å². The van der Waals surface area contributed by atoms with Gasteiger partial charge in [0.2, 0.25) is 5.91 Å². The number of hydrogen-bond donors (Lipinski definition) is 1. The molecule has 4 rings (SSSR count). The van der Waals surface area contributed by atoms with Crippen molar-refractivity contribution < 1.29 is 4.79 Å². The van der Waals surface area contributed by atoms with Crippen LogP contribution in [0.2, 0.25) is 0 Å². The molecule has 6 heteroatoms. The zero-order valence-corrected chi connectivity index (χ0v) is 16.2. The number of carbonyl (C=O) groups excluding carboxylic acids is 1. The van der Waals surface area contributed by atoms with Gasteiger partial charge in [0.25, 0.3) is 0 Å². The highest BCUT2D eigenvalue weighted by atomic mass is 16.1. The quantitative estimate of drug-likeness (QED) is 0.840. The lowest BCUT2D eigenvalue weighted by atomic mass is 10.1. The summed E-state index contributed by atoms with van der Waals surface area (Å²) in [5.41, 5.74) is 4.14. The number of aromatic nitrogens is 2. The fraction of sp³-hybridized carbons (Fsp3) is 0.500. The smallest absolute Gasteiger partial charge is 0.220 e. The number of aryl methyl sites for hydroxylation is 1. The van der Waals surface area contributed by atoms with Crippen molar-refractivity contribution in [2.45, 2.75) is 64.2 Å². The molecule has 1 aliphatic carbocycles. The van der Waals surface area contributed by atoms with Gasteiger partial charge in [0.1, 0.15) is 0 Å². The fourth-order valence-electron chi connectivity index (χ4n) is 4.19. The van der Waals surface area contributed by atoms with Crippen molar-refractivity contribution in [1.82, 2.24) is 20.0 Å². The molecule has 0 saturated heterocycles. The summed E-state index contributed by atoms with van der Waals surface area (Å²) in [4.78, 5) is 14.5. The zero-order valence-electron chi connectivity index (χ0n) is 16.2. The molecule has 0 spiro atoms. The monoisotopic (exact) mass is 377 g/mol. The molecule has 2 aliphatic rings. The topological polar surface area (TPSA) is 74.0 Å². The SMILES string of the molecule is N#Cc1ccc(CN2CCn3nc(CCC(=O)NC4CCCC4)cc3C2)cc1. The largest absolute Gasteiger partial charge is 0.353 e. The number of carbonyl (C=O) groups is 1. The summed E-state index contributed by atoms with van der Waals surface area (Å²) >= 11 is 0. The average Bonchev–Trinajstić information content (AvgIpc) is 3.36. The Hall–Kier alpha value is -2.65. The van der Waals surface area contributed by atoms with Crippen molar-refractivity contribution in [3.63, 3.8) is 0 Å². The predicted molar refractivity (Wildman–Crippen MR) is 106 cm³/mol. The molecule has 1 aromatic heterocycles. The maximum absolute atomic E-state index is 12.1. The second-order valence-corrected chi connectivity index (χ2v) is 7.92. The maximum atomic E-state index is 12.1. The minimum Gasteiger partial charge on any atom is -0.353 e. The Labute approximate surface area is 166 Å². The van der Waals surface area contributed by atoms with E-state index in [-0.39, 0.29) is 5.91 Å². The summed E-state index contributed by atoms with van der Waals surface area (Å²) in [6.07, 6.45) is 5.94. The Morgan fingerprint density at radius 1 is 1.21 bits per heavy atom. The predicted octanol–water partition coefficient (Wildman–Crippen LogP) is 2.76. The van der Waals surface area contributed by atoms with Crippen molar-refractivity contribution in [2.24, 2.45) is 0 Å². The molecule has 0 bridgehead atoms. The van der Waals surface area contributed by atoms with E-state index < -0.39 is 0 Å². The molecule has 1 saturated carbocycles. The number of fused-ring (bicyclic) bond motifs is 1. The Morgan fingerprint density at radius 3 is 2.75 bits per heavy atom. The first-order valence-electron chi connectivity index (χ1n) is 10.3. The van der Waals surface area contributed by atoms with Gasteiger partial charge in [-0.15, -0.1) is 0 Å². The van der Waals surface area contributed by atoms with Crippen LogP contribution in [-0.2, 0) is 30.8 Å². The molecule has 0 unspecified atom stereocenters. The summed E-state index contributed by atoms with van der Waals surface area (Å²) in [6.45, 7) is 3.56. The lowest BCUT2D eigenvalue weighted by Gasteiger charge is -2.27. The van der Waals surface area contributed by atoms with Crippen LogP contribution in [0.15, 0.2) is 30.3 Å². The van der Waals surface area contributed by atoms with Crippen molar-refractivity contribution >= 4 is 5.91 Å². The van der Waals surface area contributed by atoms with Crippen LogP contribution in [0.4, 0.5) is 0 Å². The van der Waals surface area contributed by atoms with E-state index in [1.54, 1.807) is 0 Å². The first kappa shape index (κ1) is 18.7. The van der Waals surface area contributed by atoms with E-state index in [0.29, 0.717) is 24.4 Å². The number of benzene rings is 1. The molecule has 1 fully saturated rings. The molecule has 1 N–H and O–H groups in total. The Kier molecular flexibility index (Phi) is 5.73. The minimum atomic E-state index is 0.153. The Bertz CT molecular complexity index is 858. The summed E-state index contributed by atoms with van der Waals surface area (Å²) in [7, 11) is 0. The van der Waals surface area contributed by atoms with Crippen LogP contribution in [0, 0.1) is 11.3 Å². The standard InChI is InChI=1S/C22H27N5O/c23-14-17-5-7-18(8-6-17)15-26-11-12-27-21(16-26)13-20(25-27)9-10-22(28)24-19-3-1-2-4-19/h5-8,13,19H,1-4,9-12,15-16H2,(H,24,28). The maximum Gasteiger partial charge on any atom is 0.220 e. The molecule has 1 aromatic carbocycles. The van der Waals surface area contributed by atoms with Crippen LogP contribution in [0.25, 0.3) is 0 Å². The van der Waals surface area contributed by atoms with E-state index >= 15 is 0 Å². The summed E-state index contributed by atoms with van der Waals surface area (Å²) in [5.74, 6) is 0.153. The van der Waals surface area contributed by atoms with Gasteiger partial charge >= 0.3 is 0 Å².